The van der Waals surface area contributed by atoms with E-state index >= 15 is 0 Å². The van der Waals surface area contributed by atoms with Crippen LogP contribution in [0.5, 0.6) is 0 Å². The first-order valence-corrected chi connectivity index (χ1v) is 9.58. The minimum absolute atomic E-state index is 0.258. The summed E-state index contributed by atoms with van der Waals surface area (Å²) in [4.78, 5) is 17.9. The van der Waals surface area contributed by atoms with E-state index in [1.165, 1.54) is 5.56 Å². The molecule has 0 saturated carbocycles. The Hall–Kier alpha value is -2.68. The van der Waals surface area contributed by atoms with Gasteiger partial charge in [0.15, 0.2) is 0 Å². The van der Waals surface area contributed by atoms with Crippen molar-refractivity contribution in [2.24, 2.45) is 0 Å². The summed E-state index contributed by atoms with van der Waals surface area (Å²) in [6.07, 6.45) is 1.87. The largest absolute Gasteiger partial charge is 0.462 e. The van der Waals surface area contributed by atoms with Crippen LogP contribution in [0.1, 0.15) is 52.4 Å². The van der Waals surface area contributed by atoms with Gasteiger partial charge in [0, 0.05) is 10.9 Å². The summed E-state index contributed by atoms with van der Waals surface area (Å²) >= 11 is 0. The number of hydrogen-bond donors (Lipinski definition) is 0. The molecule has 0 aliphatic rings. The van der Waals surface area contributed by atoms with Crippen LogP contribution in [0.3, 0.4) is 0 Å². The van der Waals surface area contributed by atoms with Crippen molar-refractivity contribution in [2.45, 2.75) is 47.5 Å². The van der Waals surface area contributed by atoms with Crippen LogP contribution in [0.2, 0.25) is 0 Å². The minimum atomic E-state index is -0.258. The van der Waals surface area contributed by atoms with Gasteiger partial charge in [0.25, 0.3) is 0 Å². The molecule has 0 saturated heterocycles. The number of pyridine rings is 1. The predicted molar refractivity (Wildman–Crippen MR) is 111 cm³/mol. The Kier molecular flexibility index (Phi) is 5.59. The van der Waals surface area contributed by atoms with Crippen molar-refractivity contribution in [1.82, 2.24) is 4.98 Å². The van der Waals surface area contributed by atoms with E-state index in [0.717, 1.165) is 51.7 Å². The fourth-order valence-corrected chi connectivity index (χ4v) is 3.45. The number of nitrogens with zero attached hydrogens (tertiary/aromatic N) is 1. The quantitative estimate of drug-likeness (QED) is 0.407. The van der Waals surface area contributed by atoms with Gasteiger partial charge < -0.3 is 4.74 Å². The predicted octanol–water partition coefficient (Wildman–Crippen LogP) is 6.09. The zero-order valence-electron chi connectivity index (χ0n) is 16.8. The molecule has 140 valence electrons. The van der Waals surface area contributed by atoms with Crippen LogP contribution in [0.25, 0.3) is 22.2 Å². The summed E-state index contributed by atoms with van der Waals surface area (Å²) in [6.45, 7) is 10.7. The van der Waals surface area contributed by atoms with Crippen LogP contribution in [0.15, 0.2) is 36.4 Å². The highest BCUT2D eigenvalue weighted by atomic mass is 16.5. The molecule has 0 fully saturated rings. The summed E-state index contributed by atoms with van der Waals surface area (Å²) in [5, 5.41) is 0.877. The topological polar surface area (TPSA) is 39.2 Å². The van der Waals surface area contributed by atoms with Crippen molar-refractivity contribution in [3.05, 3.63) is 64.2 Å². The first kappa shape index (κ1) is 19.1. The van der Waals surface area contributed by atoms with Gasteiger partial charge in [-0.15, -0.1) is 0 Å². The van der Waals surface area contributed by atoms with Crippen LogP contribution in [-0.2, 0) is 4.74 Å². The van der Waals surface area contributed by atoms with E-state index in [0.29, 0.717) is 12.2 Å². The molecule has 3 aromatic rings. The maximum atomic E-state index is 13.0. The van der Waals surface area contributed by atoms with Gasteiger partial charge >= 0.3 is 5.97 Å². The van der Waals surface area contributed by atoms with Gasteiger partial charge in [0.2, 0.25) is 0 Å². The molecule has 0 bridgehead atoms. The number of fused-ring (bicyclic) bond motifs is 1. The van der Waals surface area contributed by atoms with Crippen molar-refractivity contribution in [3.63, 3.8) is 0 Å². The molecular formula is C24H27NO2. The molecule has 0 unspecified atom stereocenters. The molecule has 0 aliphatic carbocycles. The van der Waals surface area contributed by atoms with Crippen molar-refractivity contribution < 1.29 is 9.53 Å². The SMILES string of the molecule is CCCCOC(=O)c1c(C)c(-c2ccc(C)cc2)nc2c(C)cc(C)cc12. The van der Waals surface area contributed by atoms with E-state index in [9.17, 15) is 4.79 Å². The molecule has 3 rings (SSSR count). The molecule has 3 nitrogen and oxygen atoms in total. The van der Waals surface area contributed by atoms with Crippen LogP contribution >= 0.6 is 0 Å². The smallest absolute Gasteiger partial charge is 0.339 e. The molecule has 2 aromatic carbocycles. The molecule has 0 aliphatic heterocycles. The lowest BCUT2D eigenvalue weighted by molar-refractivity contribution is 0.0501. The van der Waals surface area contributed by atoms with E-state index < -0.39 is 0 Å². The van der Waals surface area contributed by atoms with Gasteiger partial charge in [-0.2, -0.15) is 0 Å². The van der Waals surface area contributed by atoms with E-state index in [2.05, 4.69) is 44.2 Å². The molecule has 0 spiro atoms. The van der Waals surface area contributed by atoms with Gasteiger partial charge in [-0.1, -0.05) is 54.8 Å². The Balaban J connectivity index is 2.25. The highest BCUT2D eigenvalue weighted by Crippen LogP contribution is 2.32. The number of benzene rings is 2. The molecule has 3 heteroatoms. The molecule has 0 N–H and O–H groups in total. The van der Waals surface area contributed by atoms with Crippen molar-refractivity contribution in [1.29, 1.82) is 0 Å². The number of hydrogen-bond acceptors (Lipinski definition) is 3. The van der Waals surface area contributed by atoms with Crippen molar-refractivity contribution in [2.75, 3.05) is 6.61 Å². The van der Waals surface area contributed by atoms with E-state index in [4.69, 9.17) is 9.72 Å². The Morgan fingerprint density at radius 2 is 1.70 bits per heavy atom. The molecule has 27 heavy (non-hydrogen) atoms. The van der Waals surface area contributed by atoms with Gasteiger partial charge in [-0.25, -0.2) is 9.78 Å². The third-order valence-electron chi connectivity index (χ3n) is 4.93. The van der Waals surface area contributed by atoms with Crippen molar-refractivity contribution >= 4 is 16.9 Å². The molecule has 0 atom stereocenters. The average Bonchev–Trinajstić information content (AvgIpc) is 2.62. The molecule has 1 heterocycles. The number of unbranched alkanes of at least 4 members (excludes halogenated alkanes) is 1. The number of carbonyl (C=O) groups is 1. The van der Waals surface area contributed by atoms with E-state index in [1.54, 1.807) is 0 Å². The number of aromatic nitrogens is 1. The number of esters is 1. The second kappa shape index (κ2) is 7.91. The lowest BCUT2D eigenvalue weighted by Gasteiger charge is -2.16. The summed E-state index contributed by atoms with van der Waals surface area (Å²) < 4.78 is 5.58. The lowest BCUT2D eigenvalue weighted by Crippen LogP contribution is -2.11. The van der Waals surface area contributed by atoms with Crippen LogP contribution < -0.4 is 0 Å². The zero-order chi connectivity index (χ0) is 19.6. The number of carbonyl (C=O) groups excluding carboxylic acids is 1. The Labute approximate surface area is 161 Å². The number of aryl methyl sites for hydroxylation is 3. The second-order valence-electron chi connectivity index (χ2n) is 7.29. The molecule has 0 radical (unpaired) electrons. The highest BCUT2D eigenvalue weighted by Gasteiger charge is 2.21. The maximum Gasteiger partial charge on any atom is 0.339 e. The van der Waals surface area contributed by atoms with Crippen LogP contribution in [0, 0.1) is 27.7 Å². The third-order valence-corrected chi connectivity index (χ3v) is 4.93. The molecule has 0 amide bonds. The number of ether oxygens (including phenoxy) is 1. The number of rotatable bonds is 5. The summed E-state index contributed by atoms with van der Waals surface area (Å²) in [5.74, 6) is -0.258. The Bertz CT molecular complexity index is 988. The summed E-state index contributed by atoms with van der Waals surface area (Å²) in [7, 11) is 0. The Morgan fingerprint density at radius 3 is 2.37 bits per heavy atom. The van der Waals surface area contributed by atoms with Crippen molar-refractivity contribution in [3.8, 4) is 11.3 Å². The highest BCUT2D eigenvalue weighted by molar-refractivity contribution is 6.07. The standard InChI is InChI=1S/C24H27NO2/c1-6-7-12-27-24(26)21-18(5)23(19-10-8-15(2)9-11-19)25-22-17(4)13-16(3)14-20(21)22/h8-11,13-14H,6-7,12H2,1-5H3. The first-order chi connectivity index (χ1) is 12.9. The van der Waals surface area contributed by atoms with Crippen LogP contribution in [0.4, 0.5) is 0 Å². The fourth-order valence-electron chi connectivity index (χ4n) is 3.45. The van der Waals surface area contributed by atoms with E-state index in [-0.39, 0.29) is 5.97 Å². The second-order valence-corrected chi connectivity index (χ2v) is 7.29. The van der Waals surface area contributed by atoms with Gasteiger partial charge in [-0.05, 0) is 51.3 Å². The molecular weight excluding hydrogens is 334 g/mol. The van der Waals surface area contributed by atoms with Gasteiger partial charge in [-0.3, -0.25) is 0 Å². The Morgan fingerprint density at radius 1 is 1.00 bits per heavy atom. The maximum absolute atomic E-state index is 13.0. The molecule has 1 aromatic heterocycles. The summed E-state index contributed by atoms with van der Waals surface area (Å²) in [5.41, 5.74) is 7.62. The van der Waals surface area contributed by atoms with Crippen LogP contribution in [-0.4, -0.2) is 17.6 Å². The average molecular weight is 361 g/mol. The monoisotopic (exact) mass is 361 g/mol. The summed E-state index contributed by atoms with van der Waals surface area (Å²) in [6, 6.07) is 12.4. The normalized spacial score (nSPS) is 11.0. The zero-order valence-corrected chi connectivity index (χ0v) is 16.8. The van der Waals surface area contributed by atoms with Gasteiger partial charge in [0.05, 0.1) is 23.4 Å². The first-order valence-electron chi connectivity index (χ1n) is 9.58. The lowest BCUT2D eigenvalue weighted by atomic mass is 9.95. The third kappa shape index (κ3) is 3.87. The fraction of sp³-hybridized carbons (Fsp3) is 0.333. The van der Waals surface area contributed by atoms with Gasteiger partial charge in [0.1, 0.15) is 0 Å². The van der Waals surface area contributed by atoms with E-state index in [1.807, 2.05) is 26.8 Å². The minimum Gasteiger partial charge on any atom is -0.462 e.